The Bertz CT molecular complexity index is 548. The summed E-state index contributed by atoms with van der Waals surface area (Å²) < 4.78 is 0. The topological polar surface area (TPSA) is 58.5 Å². The highest BCUT2D eigenvalue weighted by molar-refractivity contribution is 5.97. The van der Waals surface area contributed by atoms with Crippen molar-refractivity contribution >= 4 is 12.1 Å². The molecule has 1 aliphatic rings. The van der Waals surface area contributed by atoms with Crippen LogP contribution in [-0.4, -0.2) is 33.5 Å². The molecule has 0 aromatic carbocycles. The Labute approximate surface area is 112 Å². The molecule has 1 aromatic heterocycles. The number of aliphatic imine (C=N–C) groups is 1. The van der Waals surface area contributed by atoms with Crippen LogP contribution in [0.5, 0.6) is 0 Å². The lowest BCUT2D eigenvalue weighted by Crippen LogP contribution is -2.25. The molecule has 5 nitrogen and oxygen atoms in total. The molecule has 19 heavy (non-hydrogen) atoms. The summed E-state index contributed by atoms with van der Waals surface area (Å²) in [5.41, 5.74) is 1.95. The van der Waals surface area contributed by atoms with E-state index >= 15 is 0 Å². The lowest BCUT2D eigenvalue weighted by Gasteiger charge is -2.17. The molecule has 0 aliphatic carbocycles. The third kappa shape index (κ3) is 2.76. The first kappa shape index (κ1) is 13.1. The first-order valence-electron chi connectivity index (χ1n) is 6.19. The van der Waals surface area contributed by atoms with Crippen molar-refractivity contribution in [2.75, 3.05) is 6.54 Å². The lowest BCUT2D eigenvalue weighted by molar-refractivity contribution is 0.0820. The maximum absolute atomic E-state index is 12.2. The summed E-state index contributed by atoms with van der Waals surface area (Å²) in [4.78, 5) is 26.4. The molecule has 2 rings (SSSR count). The molecule has 2 heterocycles. The van der Waals surface area contributed by atoms with Gasteiger partial charge in [0.05, 0.1) is 18.8 Å². The van der Waals surface area contributed by atoms with Gasteiger partial charge >= 0.3 is 0 Å². The highest BCUT2D eigenvalue weighted by Crippen LogP contribution is 2.22. The van der Waals surface area contributed by atoms with Crippen molar-refractivity contribution in [2.45, 2.75) is 19.9 Å². The number of fused-ring (bicyclic) bond motifs is 1. The number of carbonyl (C=O) groups is 1. The highest BCUT2D eigenvalue weighted by atomic mass is 16.2. The van der Waals surface area contributed by atoms with E-state index in [0.29, 0.717) is 24.5 Å². The molecule has 0 saturated carbocycles. The second kappa shape index (κ2) is 6.04. The predicted octanol–water partition coefficient (Wildman–Crippen LogP) is 1.98. The molecule has 0 fully saturated rings. The number of amides is 1. The van der Waals surface area contributed by atoms with Gasteiger partial charge in [-0.2, -0.15) is 0 Å². The van der Waals surface area contributed by atoms with E-state index in [-0.39, 0.29) is 5.91 Å². The van der Waals surface area contributed by atoms with Crippen molar-refractivity contribution in [2.24, 2.45) is 4.99 Å². The molecule has 0 N–H and O–H groups in total. The van der Waals surface area contributed by atoms with E-state index in [0.717, 1.165) is 12.1 Å². The number of rotatable bonds is 5. The minimum absolute atomic E-state index is 0.122. The van der Waals surface area contributed by atoms with Crippen LogP contribution in [0.4, 0.5) is 0 Å². The highest BCUT2D eigenvalue weighted by Gasteiger charge is 2.31. The number of hydrogen-bond donors (Lipinski definition) is 0. The van der Waals surface area contributed by atoms with Crippen LogP contribution in [-0.2, 0) is 6.54 Å². The number of carbonyl (C=O) groups excluding carboxylic acids is 1. The molecule has 0 atom stereocenters. The Morgan fingerprint density at radius 1 is 1.53 bits per heavy atom. The van der Waals surface area contributed by atoms with E-state index in [2.05, 4.69) is 21.5 Å². The van der Waals surface area contributed by atoms with Gasteiger partial charge in [0.25, 0.3) is 5.91 Å². The van der Waals surface area contributed by atoms with Crippen LogP contribution in [0, 0.1) is 0 Å². The van der Waals surface area contributed by atoms with Crippen molar-refractivity contribution in [3.63, 3.8) is 0 Å². The van der Waals surface area contributed by atoms with Crippen LogP contribution in [0.25, 0.3) is 0 Å². The number of hydrogen-bond acceptors (Lipinski definition) is 4. The molecule has 1 aromatic rings. The summed E-state index contributed by atoms with van der Waals surface area (Å²) in [6.07, 6.45) is 9.30. The second-order valence-electron chi connectivity index (χ2n) is 4.07. The summed E-state index contributed by atoms with van der Waals surface area (Å²) in [5, 5.41) is 0. The van der Waals surface area contributed by atoms with Crippen molar-refractivity contribution < 1.29 is 4.79 Å². The fourth-order valence-corrected chi connectivity index (χ4v) is 1.89. The van der Waals surface area contributed by atoms with Crippen LogP contribution >= 0.6 is 0 Å². The van der Waals surface area contributed by atoms with Crippen LogP contribution in [0.2, 0.25) is 0 Å². The minimum atomic E-state index is -0.122. The van der Waals surface area contributed by atoms with Gasteiger partial charge in [-0.05, 0) is 18.7 Å². The molecular weight excluding hydrogens is 240 g/mol. The Balaban J connectivity index is 2.22. The number of allylic oxidation sites excluding steroid dienone is 2. The van der Waals surface area contributed by atoms with Gasteiger partial charge in [0, 0.05) is 18.1 Å². The van der Waals surface area contributed by atoms with Crippen LogP contribution < -0.4 is 0 Å². The minimum Gasteiger partial charge on any atom is -0.303 e. The Morgan fingerprint density at radius 3 is 3.00 bits per heavy atom. The Morgan fingerprint density at radius 2 is 2.32 bits per heavy atom. The molecule has 0 radical (unpaired) electrons. The second-order valence-corrected chi connectivity index (χ2v) is 4.07. The smallest absolute Gasteiger partial charge is 0.279 e. The average Bonchev–Trinajstić information content (AvgIpc) is 2.76. The van der Waals surface area contributed by atoms with E-state index in [4.69, 9.17) is 0 Å². The third-order valence-corrected chi connectivity index (χ3v) is 2.75. The van der Waals surface area contributed by atoms with Gasteiger partial charge in [-0.3, -0.25) is 14.8 Å². The van der Waals surface area contributed by atoms with Crippen LogP contribution in [0.3, 0.4) is 0 Å². The zero-order valence-corrected chi connectivity index (χ0v) is 10.9. The molecule has 0 spiro atoms. The lowest BCUT2D eigenvalue weighted by atomic mass is 10.3. The SMILES string of the molecule is C=C/C=C(\CN=CCC)N1Cc2nccnc2C1=O. The zero-order chi connectivity index (χ0) is 13.7. The van der Waals surface area contributed by atoms with Crippen molar-refractivity contribution in [1.29, 1.82) is 0 Å². The first-order chi connectivity index (χ1) is 9.27. The summed E-state index contributed by atoms with van der Waals surface area (Å²) in [6, 6.07) is 0. The monoisotopic (exact) mass is 256 g/mol. The van der Waals surface area contributed by atoms with E-state index < -0.39 is 0 Å². The quantitative estimate of drug-likeness (QED) is 0.598. The maximum Gasteiger partial charge on any atom is 0.279 e. The van der Waals surface area contributed by atoms with Crippen molar-refractivity contribution in [3.05, 3.63) is 48.2 Å². The van der Waals surface area contributed by atoms with Crippen molar-refractivity contribution in [3.8, 4) is 0 Å². The van der Waals surface area contributed by atoms with E-state index in [9.17, 15) is 4.79 Å². The normalized spacial score (nSPS) is 15.1. The Kier molecular flexibility index (Phi) is 4.18. The molecule has 5 heteroatoms. The molecule has 1 aliphatic heterocycles. The third-order valence-electron chi connectivity index (χ3n) is 2.75. The predicted molar refractivity (Wildman–Crippen MR) is 73.8 cm³/mol. The van der Waals surface area contributed by atoms with Crippen LogP contribution in [0.1, 0.15) is 29.5 Å². The van der Waals surface area contributed by atoms with Gasteiger partial charge in [0.1, 0.15) is 0 Å². The van der Waals surface area contributed by atoms with Gasteiger partial charge in [-0.15, -0.1) is 0 Å². The molecule has 98 valence electrons. The van der Waals surface area contributed by atoms with E-state index in [1.54, 1.807) is 23.2 Å². The van der Waals surface area contributed by atoms with E-state index in [1.165, 1.54) is 6.20 Å². The zero-order valence-electron chi connectivity index (χ0n) is 10.9. The van der Waals surface area contributed by atoms with Gasteiger partial charge in [-0.1, -0.05) is 19.6 Å². The summed E-state index contributed by atoms with van der Waals surface area (Å²) >= 11 is 0. The van der Waals surface area contributed by atoms with Gasteiger partial charge in [0.2, 0.25) is 0 Å². The van der Waals surface area contributed by atoms with Gasteiger partial charge < -0.3 is 4.90 Å². The van der Waals surface area contributed by atoms with Crippen LogP contribution in [0.15, 0.2) is 41.8 Å². The van der Waals surface area contributed by atoms with E-state index in [1.807, 2.05) is 13.1 Å². The molecule has 0 saturated heterocycles. The fraction of sp³-hybridized carbons (Fsp3) is 0.286. The molecule has 0 unspecified atom stereocenters. The average molecular weight is 256 g/mol. The molecule has 1 amide bonds. The largest absolute Gasteiger partial charge is 0.303 e. The first-order valence-corrected chi connectivity index (χ1v) is 6.19. The van der Waals surface area contributed by atoms with Crippen molar-refractivity contribution in [1.82, 2.24) is 14.9 Å². The van der Waals surface area contributed by atoms with Gasteiger partial charge in [-0.25, -0.2) is 4.98 Å². The summed E-state index contributed by atoms with van der Waals surface area (Å²) in [7, 11) is 0. The summed E-state index contributed by atoms with van der Waals surface area (Å²) in [6.45, 7) is 6.60. The van der Waals surface area contributed by atoms with Gasteiger partial charge in [0.15, 0.2) is 5.69 Å². The molecule has 0 bridgehead atoms. The number of aromatic nitrogens is 2. The number of nitrogens with zero attached hydrogens (tertiary/aromatic N) is 4. The standard InChI is InChI=1S/C14H16N4O/c1-3-5-11(9-15-6-4-2)18-10-12-13(14(18)19)17-8-7-16-12/h3,5-8H,1,4,9-10H2,2H3/b11-5+,15-6?. The fourth-order valence-electron chi connectivity index (χ4n) is 1.89. The maximum atomic E-state index is 12.2. The molecular formula is C14H16N4O. The Hall–Kier alpha value is -2.30. The summed E-state index contributed by atoms with van der Waals surface area (Å²) in [5.74, 6) is -0.122.